The summed E-state index contributed by atoms with van der Waals surface area (Å²) in [5.41, 5.74) is -0.674. The van der Waals surface area contributed by atoms with Gasteiger partial charge >= 0.3 is 23.8 Å². The number of para-hydroxylation sites is 1. The minimum absolute atomic E-state index is 0.192. The predicted octanol–water partition coefficient (Wildman–Crippen LogP) is 4.62. The van der Waals surface area contributed by atoms with E-state index in [1.807, 2.05) is 12.1 Å². The SMILES string of the molecule is O=C(CN(C(=O)OCC(Cl)(Cl)Cl)c1ccccc1)N[C@H]1CON(C2(C(=O)OC(c3ccccc3)c3ccccc3)CCC(=O)O2)C1=O. The van der Waals surface area contributed by atoms with Gasteiger partial charge in [-0.05, 0) is 23.3 Å². The molecule has 0 saturated carbocycles. The average Bonchev–Trinajstić information content (AvgIpc) is 3.64. The Bertz CT molecular complexity index is 1570. The van der Waals surface area contributed by atoms with Crippen LogP contribution in [0.4, 0.5) is 10.5 Å². The van der Waals surface area contributed by atoms with E-state index in [4.69, 9.17) is 53.9 Å². The van der Waals surface area contributed by atoms with Crippen molar-refractivity contribution >= 4 is 70.3 Å². The molecule has 0 bridgehead atoms. The average molecular weight is 705 g/mol. The fourth-order valence-corrected chi connectivity index (χ4v) is 5.16. The summed E-state index contributed by atoms with van der Waals surface area (Å²) in [6.45, 7) is -1.58. The zero-order valence-corrected chi connectivity index (χ0v) is 26.8. The standard InChI is InChI=1S/C32H28Cl3N3O9/c33-32(34,35)20-44-30(43)37(23-14-8-3-9-15-23)18-25(39)36-24-19-45-38(28(24)41)31(17-16-26(40)47-31)29(42)46-27(21-10-4-1-5-11-21)22-12-6-2-7-13-22/h1-15,24,27H,16-20H2,(H,36,39)/t24-,31?/m0/s1. The summed E-state index contributed by atoms with van der Waals surface area (Å²) < 4.78 is 14.6. The summed E-state index contributed by atoms with van der Waals surface area (Å²) in [6.07, 6.45) is -2.33. The second kappa shape index (κ2) is 14.6. The maximum absolute atomic E-state index is 13.9. The third-order valence-electron chi connectivity index (χ3n) is 7.18. The Kier molecular flexibility index (Phi) is 10.6. The Morgan fingerprint density at radius 2 is 1.51 bits per heavy atom. The molecule has 15 heteroatoms. The smallest absolute Gasteiger partial charge is 0.414 e. The molecule has 12 nitrogen and oxygen atoms in total. The van der Waals surface area contributed by atoms with Crippen molar-refractivity contribution in [1.82, 2.24) is 10.4 Å². The lowest BCUT2D eigenvalue weighted by molar-refractivity contribution is -0.260. The number of hydrogen-bond acceptors (Lipinski definition) is 9. The second-order valence-corrected chi connectivity index (χ2v) is 13.0. The molecule has 3 aromatic carbocycles. The van der Waals surface area contributed by atoms with Gasteiger partial charge in [0.2, 0.25) is 9.70 Å². The first kappa shape index (κ1) is 34.0. The molecule has 0 spiro atoms. The van der Waals surface area contributed by atoms with Crippen molar-refractivity contribution in [2.75, 3.05) is 24.7 Å². The number of nitrogens with zero attached hydrogens (tertiary/aromatic N) is 2. The normalized spacial score (nSPS) is 19.3. The number of halogens is 3. The number of carbonyl (C=O) groups is 5. The number of rotatable bonds is 10. The van der Waals surface area contributed by atoms with E-state index in [1.54, 1.807) is 78.9 Å². The van der Waals surface area contributed by atoms with Crippen molar-refractivity contribution in [1.29, 1.82) is 0 Å². The Hall–Kier alpha value is -4.36. The molecule has 2 aliphatic rings. The fraction of sp³-hybridized carbons (Fsp3) is 0.281. The molecule has 2 heterocycles. The van der Waals surface area contributed by atoms with Crippen LogP contribution in [0.5, 0.6) is 0 Å². The Morgan fingerprint density at radius 3 is 2.04 bits per heavy atom. The number of carbonyl (C=O) groups excluding carboxylic acids is 5. The number of cyclic esters (lactones) is 1. The molecule has 1 unspecified atom stereocenters. The summed E-state index contributed by atoms with van der Waals surface area (Å²) >= 11 is 17.1. The zero-order valence-electron chi connectivity index (χ0n) is 24.6. The molecule has 0 aromatic heterocycles. The van der Waals surface area contributed by atoms with Crippen LogP contribution in [0.3, 0.4) is 0 Å². The van der Waals surface area contributed by atoms with Gasteiger partial charge in [-0.3, -0.25) is 24.1 Å². The Labute approximate surface area is 284 Å². The molecule has 2 aliphatic heterocycles. The lowest BCUT2D eigenvalue weighted by atomic mass is 10.0. The molecular weight excluding hydrogens is 677 g/mol. The highest BCUT2D eigenvalue weighted by molar-refractivity contribution is 6.67. The van der Waals surface area contributed by atoms with Gasteiger partial charge in [-0.15, -0.1) is 0 Å². The molecule has 3 amide bonds. The van der Waals surface area contributed by atoms with Gasteiger partial charge in [0.25, 0.3) is 5.91 Å². The molecular formula is C32H28Cl3N3O9. The Balaban J connectivity index is 1.32. The first-order valence-electron chi connectivity index (χ1n) is 14.3. The van der Waals surface area contributed by atoms with E-state index in [0.717, 1.165) is 4.90 Å². The van der Waals surface area contributed by atoms with Crippen molar-refractivity contribution in [3.63, 3.8) is 0 Å². The third-order valence-corrected chi connectivity index (χ3v) is 7.51. The predicted molar refractivity (Wildman–Crippen MR) is 169 cm³/mol. The van der Waals surface area contributed by atoms with Gasteiger partial charge in [0.15, 0.2) is 6.10 Å². The fourth-order valence-electron chi connectivity index (χ4n) is 5.00. The molecule has 5 rings (SSSR count). The van der Waals surface area contributed by atoms with Crippen molar-refractivity contribution in [2.45, 2.75) is 34.5 Å². The number of nitrogens with one attached hydrogen (secondary N) is 1. The Morgan fingerprint density at radius 1 is 0.936 bits per heavy atom. The molecule has 0 aliphatic carbocycles. The van der Waals surface area contributed by atoms with E-state index in [2.05, 4.69) is 5.32 Å². The maximum atomic E-state index is 13.9. The summed E-state index contributed by atoms with van der Waals surface area (Å²) in [7, 11) is 0. The topological polar surface area (TPSA) is 141 Å². The molecule has 2 saturated heterocycles. The summed E-state index contributed by atoms with van der Waals surface area (Å²) in [6, 6.07) is 24.6. The van der Waals surface area contributed by atoms with Gasteiger partial charge in [-0.2, -0.15) is 5.06 Å². The van der Waals surface area contributed by atoms with E-state index in [-0.39, 0.29) is 12.8 Å². The number of hydrogen-bond donors (Lipinski definition) is 1. The van der Waals surface area contributed by atoms with E-state index < -0.39 is 71.3 Å². The van der Waals surface area contributed by atoms with Gasteiger partial charge in [0.05, 0.1) is 6.42 Å². The minimum atomic E-state index is -2.24. The van der Waals surface area contributed by atoms with Crippen molar-refractivity contribution in [3.8, 4) is 0 Å². The van der Waals surface area contributed by atoms with Crippen LogP contribution in [-0.4, -0.2) is 70.2 Å². The first-order valence-corrected chi connectivity index (χ1v) is 15.5. The molecule has 47 heavy (non-hydrogen) atoms. The lowest BCUT2D eigenvalue weighted by Gasteiger charge is -2.34. The van der Waals surface area contributed by atoms with Crippen LogP contribution < -0.4 is 10.2 Å². The second-order valence-electron chi connectivity index (χ2n) is 10.5. The number of benzene rings is 3. The van der Waals surface area contributed by atoms with Gasteiger partial charge in [-0.25, -0.2) is 9.59 Å². The monoisotopic (exact) mass is 703 g/mol. The van der Waals surface area contributed by atoms with Crippen LogP contribution in [0.2, 0.25) is 0 Å². The van der Waals surface area contributed by atoms with Crippen molar-refractivity contribution in [2.24, 2.45) is 0 Å². The van der Waals surface area contributed by atoms with Crippen LogP contribution in [-0.2, 0) is 38.2 Å². The molecule has 3 aromatic rings. The van der Waals surface area contributed by atoms with Gasteiger partial charge in [0, 0.05) is 12.1 Å². The van der Waals surface area contributed by atoms with Crippen LogP contribution in [0.15, 0.2) is 91.0 Å². The number of esters is 2. The minimum Gasteiger partial charge on any atom is -0.448 e. The molecule has 2 fully saturated rings. The van der Waals surface area contributed by atoms with Gasteiger partial charge < -0.3 is 19.5 Å². The van der Waals surface area contributed by atoms with Crippen LogP contribution in [0.25, 0.3) is 0 Å². The number of hydroxylamine groups is 2. The van der Waals surface area contributed by atoms with Gasteiger partial charge in [-0.1, -0.05) is 114 Å². The van der Waals surface area contributed by atoms with Crippen LogP contribution in [0.1, 0.15) is 30.1 Å². The highest BCUT2D eigenvalue weighted by atomic mass is 35.6. The summed E-state index contributed by atoms with van der Waals surface area (Å²) in [5.74, 6) is -3.43. The molecule has 0 radical (unpaired) electrons. The number of anilines is 1. The maximum Gasteiger partial charge on any atom is 0.414 e. The zero-order chi connectivity index (χ0) is 33.6. The van der Waals surface area contributed by atoms with E-state index in [1.165, 1.54) is 0 Å². The molecule has 1 N–H and O–H groups in total. The largest absolute Gasteiger partial charge is 0.448 e. The van der Waals surface area contributed by atoms with Crippen molar-refractivity contribution in [3.05, 3.63) is 102 Å². The quantitative estimate of drug-likeness (QED) is 0.182. The lowest BCUT2D eigenvalue weighted by Crippen LogP contribution is -2.57. The number of alkyl halides is 3. The molecule has 2 atom stereocenters. The van der Waals surface area contributed by atoms with E-state index in [0.29, 0.717) is 21.9 Å². The van der Waals surface area contributed by atoms with Crippen molar-refractivity contribution < 1.29 is 43.0 Å². The van der Waals surface area contributed by atoms with E-state index >= 15 is 0 Å². The van der Waals surface area contributed by atoms with Crippen LogP contribution >= 0.6 is 34.8 Å². The first-order chi connectivity index (χ1) is 22.5. The highest BCUT2D eigenvalue weighted by Gasteiger charge is 2.60. The van der Waals surface area contributed by atoms with E-state index in [9.17, 15) is 24.0 Å². The van der Waals surface area contributed by atoms with Crippen LogP contribution in [0, 0.1) is 0 Å². The van der Waals surface area contributed by atoms with Gasteiger partial charge in [0.1, 0.15) is 25.8 Å². The number of ether oxygens (including phenoxy) is 3. The number of amides is 3. The molecule has 246 valence electrons. The summed E-state index contributed by atoms with van der Waals surface area (Å²) in [5, 5.41) is 3.14. The highest BCUT2D eigenvalue weighted by Crippen LogP contribution is 2.38. The summed E-state index contributed by atoms with van der Waals surface area (Å²) in [4.78, 5) is 72.4. The third kappa shape index (κ3) is 8.14.